The molecule has 0 saturated heterocycles. The number of hydrogen-bond donors (Lipinski definition) is 1. The highest BCUT2D eigenvalue weighted by molar-refractivity contribution is 8.00. The predicted molar refractivity (Wildman–Crippen MR) is 68.1 cm³/mol. The minimum absolute atomic E-state index is 0.171. The first-order valence-electron chi connectivity index (χ1n) is 5.96. The van der Waals surface area contributed by atoms with E-state index in [9.17, 15) is 13.2 Å². The topological polar surface area (TPSA) is 12.0 Å². The van der Waals surface area contributed by atoms with E-state index < -0.39 is 17.5 Å². The molecule has 0 bridgehead atoms. The van der Waals surface area contributed by atoms with E-state index in [-0.39, 0.29) is 16.9 Å². The van der Waals surface area contributed by atoms with Gasteiger partial charge in [-0.15, -0.1) is 0 Å². The van der Waals surface area contributed by atoms with Crippen LogP contribution in [0.3, 0.4) is 0 Å². The van der Waals surface area contributed by atoms with Crippen LogP contribution in [0.2, 0.25) is 0 Å². The maximum absolute atomic E-state index is 13.4. The summed E-state index contributed by atoms with van der Waals surface area (Å²) in [6.07, 6.45) is 5.60. The summed E-state index contributed by atoms with van der Waals surface area (Å²) in [5, 5.41) is 3.13. The summed E-state index contributed by atoms with van der Waals surface area (Å²) in [5.74, 6) is -2.85. The SMILES string of the molecule is CSC1(CNCc2cc(F)c(F)cc2F)CCC1. The molecule has 0 heterocycles. The van der Waals surface area contributed by atoms with Gasteiger partial charge in [-0.25, -0.2) is 13.2 Å². The fourth-order valence-electron chi connectivity index (χ4n) is 2.15. The molecule has 0 radical (unpaired) electrons. The van der Waals surface area contributed by atoms with E-state index in [0.717, 1.165) is 25.5 Å². The second-order valence-corrected chi connectivity index (χ2v) is 5.98. The van der Waals surface area contributed by atoms with Crippen molar-refractivity contribution in [2.24, 2.45) is 0 Å². The van der Waals surface area contributed by atoms with Crippen molar-refractivity contribution >= 4 is 11.8 Å². The van der Waals surface area contributed by atoms with Crippen LogP contribution in [0.5, 0.6) is 0 Å². The van der Waals surface area contributed by atoms with E-state index in [2.05, 4.69) is 11.6 Å². The summed E-state index contributed by atoms with van der Waals surface area (Å²) in [6, 6.07) is 1.52. The minimum atomic E-state index is -1.14. The molecule has 1 aromatic rings. The molecule has 0 atom stereocenters. The molecule has 0 aromatic heterocycles. The van der Waals surface area contributed by atoms with Gasteiger partial charge in [0.15, 0.2) is 11.6 Å². The zero-order chi connectivity index (χ0) is 13.2. The molecule has 1 nitrogen and oxygen atoms in total. The van der Waals surface area contributed by atoms with Crippen LogP contribution in [-0.2, 0) is 6.54 Å². The van der Waals surface area contributed by atoms with Crippen LogP contribution >= 0.6 is 11.8 Å². The maximum Gasteiger partial charge on any atom is 0.161 e. The van der Waals surface area contributed by atoms with Gasteiger partial charge in [0.1, 0.15) is 5.82 Å². The molecule has 1 saturated carbocycles. The second-order valence-electron chi connectivity index (χ2n) is 4.70. The van der Waals surface area contributed by atoms with Crippen molar-refractivity contribution in [3.8, 4) is 0 Å². The molecule has 0 spiro atoms. The van der Waals surface area contributed by atoms with Crippen molar-refractivity contribution in [1.29, 1.82) is 0 Å². The number of benzene rings is 1. The van der Waals surface area contributed by atoms with Crippen molar-refractivity contribution < 1.29 is 13.2 Å². The van der Waals surface area contributed by atoms with Gasteiger partial charge < -0.3 is 5.32 Å². The van der Waals surface area contributed by atoms with E-state index in [4.69, 9.17) is 0 Å². The van der Waals surface area contributed by atoms with E-state index in [0.29, 0.717) is 6.07 Å². The van der Waals surface area contributed by atoms with Gasteiger partial charge in [0.25, 0.3) is 0 Å². The third kappa shape index (κ3) is 2.83. The molecular weight excluding hydrogens is 259 g/mol. The normalized spacial score (nSPS) is 17.6. The lowest BCUT2D eigenvalue weighted by Gasteiger charge is -2.40. The van der Waals surface area contributed by atoms with E-state index in [1.165, 1.54) is 6.42 Å². The fraction of sp³-hybridized carbons (Fsp3) is 0.538. The number of hydrogen-bond acceptors (Lipinski definition) is 2. The zero-order valence-electron chi connectivity index (χ0n) is 10.2. The lowest BCUT2D eigenvalue weighted by atomic mass is 9.84. The molecular formula is C13H16F3NS. The van der Waals surface area contributed by atoms with Crippen LogP contribution in [0.4, 0.5) is 13.2 Å². The summed E-state index contributed by atoms with van der Waals surface area (Å²) in [5.41, 5.74) is 0.171. The Hall–Kier alpha value is -0.680. The summed E-state index contributed by atoms with van der Waals surface area (Å²) in [4.78, 5) is 0. The quantitative estimate of drug-likeness (QED) is 0.826. The van der Waals surface area contributed by atoms with Crippen LogP contribution in [-0.4, -0.2) is 17.5 Å². The average Bonchev–Trinajstić information content (AvgIpc) is 2.29. The largest absolute Gasteiger partial charge is 0.311 e. The number of halogens is 3. The Balaban J connectivity index is 1.92. The Morgan fingerprint density at radius 3 is 2.39 bits per heavy atom. The van der Waals surface area contributed by atoms with Gasteiger partial charge in [-0.3, -0.25) is 0 Å². The Morgan fingerprint density at radius 1 is 1.17 bits per heavy atom. The Labute approximate surface area is 109 Å². The minimum Gasteiger partial charge on any atom is -0.311 e. The summed E-state index contributed by atoms with van der Waals surface area (Å²) < 4.78 is 39.4. The molecule has 0 amide bonds. The molecule has 18 heavy (non-hydrogen) atoms. The average molecular weight is 275 g/mol. The monoisotopic (exact) mass is 275 g/mol. The third-order valence-corrected chi connectivity index (χ3v) is 4.97. The Morgan fingerprint density at radius 2 is 1.83 bits per heavy atom. The van der Waals surface area contributed by atoms with Gasteiger partial charge in [-0.1, -0.05) is 6.42 Å². The van der Waals surface area contributed by atoms with E-state index >= 15 is 0 Å². The first-order chi connectivity index (χ1) is 8.56. The second kappa shape index (κ2) is 5.53. The molecule has 2 rings (SSSR count). The first kappa shape index (κ1) is 13.7. The summed E-state index contributed by atoms with van der Waals surface area (Å²) in [7, 11) is 0. The highest BCUT2D eigenvalue weighted by atomic mass is 32.2. The Bertz CT molecular complexity index is 427. The maximum atomic E-state index is 13.4. The van der Waals surface area contributed by atoms with Crippen LogP contribution in [0.25, 0.3) is 0 Å². The van der Waals surface area contributed by atoms with Crippen LogP contribution in [0.1, 0.15) is 24.8 Å². The molecule has 1 aliphatic carbocycles. The molecule has 0 unspecified atom stereocenters. The first-order valence-corrected chi connectivity index (χ1v) is 7.18. The van der Waals surface area contributed by atoms with Gasteiger partial charge in [-0.2, -0.15) is 11.8 Å². The van der Waals surface area contributed by atoms with Crippen LogP contribution in [0.15, 0.2) is 12.1 Å². The lowest BCUT2D eigenvalue weighted by Crippen LogP contribution is -2.43. The van der Waals surface area contributed by atoms with Crippen LogP contribution < -0.4 is 5.32 Å². The van der Waals surface area contributed by atoms with Crippen molar-refractivity contribution in [2.75, 3.05) is 12.8 Å². The molecule has 100 valence electrons. The van der Waals surface area contributed by atoms with Gasteiger partial charge in [0.2, 0.25) is 0 Å². The lowest BCUT2D eigenvalue weighted by molar-refractivity contribution is 0.344. The molecule has 1 N–H and O–H groups in total. The zero-order valence-corrected chi connectivity index (χ0v) is 11.0. The van der Waals surface area contributed by atoms with Gasteiger partial charge in [0, 0.05) is 29.5 Å². The van der Waals surface area contributed by atoms with Crippen LogP contribution in [0, 0.1) is 17.5 Å². The molecule has 1 fully saturated rings. The fourth-order valence-corrected chi connectivity index (χ4v) is 3.09. The van der Waals surface area contributed by atoms with Crippen molar-refractivity contribution in [3.05, 3.63) is 35.1 Å². The summed E-state index contributed by atoms with van der Waals surface area (Å²) in [6.45, 7) is 0.998. The van der Waals surface area contributed by atoms with E-state index in [1.807, 2.05) is 11.8 Å². The molecule has 0 aliphatic heterocycles. The Kier molecular flexibility index (Phi) is 4.22. The highest BCUT2D eigenvalue weighted by Gasteiger charge is 2.35. The number of nitrogens with one attached hydrogen (secondary N) is 1. The van der Waals surface area contributed by atoms with Crippen molar-refractivity contribution in [3.63, 3.8) is 0 Å². The number of rotatable bonds is 5. The van der Waals surface area contributed by atoms with Gasteiger partial charge in [0.05, 0.1) is 0 Å². The standard InChI is InChI=1S/C13H16F3NS/c1-18-13(3-2-4-13)8-17-7-9-5-11(15)12(16)6-10(9)14/h5-6,17H,2-4,7-8H2,1H3. The molecule has 1 aromatic carbocycles. The van der Waals surface area contributed by atoms with Gasteiger partial charge in [-0.05, 0) is 25.2 Å². The van der Waals surface area contributed by atoms with Crippen molar-refractivity contribution in [2.45, 2.75) is 30.6 Å². The molecule has 5 heteroatoms. The predicted octanol–water partition coefficient (Wildman–Crippen LogP) is 3.48. The number of thioether (sulfide) groups is 1. The van der Waals surface area contributed by atoms with Gasteiger partial charge >= 0.3 is 0 Å². The molecule has 1 aliphatic rings. The smallest absolute Gasteiger partial charge is 0.161 e. The highest BCUT2D eigenvalue weighted by Crippen LogP contribution is 2.42. The van der Waals surface area contributed by atoms with Crippen molar-refractivity contribution in [1.82, 2.24) is 5.32 Å². The van der Waals surface area contributed by atoms with E-state index in [1.54, 1.807) is 0 Å². The summed E-state index contributed by atoms with van der Waals surface area (Å²) >= 11 is 1.81. The third-order valence-electron chi connectivity index (χ3n) is 3.55.